The first-order valence-corrected chi connectivity index (χ1v) is 15.8. The van der Waals surface area contributed by atoms with Crippen LogP contribution in [0.2, 0.25) is 0 Å². The third-order valence-electron chi connectivity index (χ3n) is 6.98. The number of nitrogens with one attached hydrogen (secondary N) is 4. The molecule has 0 aliphatic heterocycles. The van der Waals surface area contributed by atoms with E-state index in [1.165, 1.54) is 0 Å². The summed E-state index contributed by atoms with van der Waals surface area (Å²) in [6, 6.07) is 15.6. The van der Waals surface area contributed by atoms with Gasteiger partial charge in [-0.25, -0.2) is 0 Å². The van der Waals surface area contributed by atoms with Gasteiger partial charge in [0, 0.05) is 35.6 Å². The highest BCUT2D eigenvalue weighted by molar-refractivity contribution is 14.1. The molecule has 44 heavy (non-hydrogen) atoms. The Morgan fingerprint density at radius 1 is 0.705 bits per heavy atom. The smallest absolute Gasteiger partial charge is 0.243 e. The molecule has 0 heterocycles. The largest absolute Gasteiger partial charge is 0.370 e. The number of unbranched alkanes of at least 4 members (excludes halogenated alkanes) is 1. The highest BCUT2D eigenvalue weighted by Gasteiger charge is 2.30. The van der Waals surface area contributed by atoms with Crippen LogP contribution in [-0.2, 0) is 32.0 Å². The highest BCUT2D eigenvalue weighted by Crippen LogP contribution is 2.10. The average Bonchev–Trinajstić information content (AvgIpc) is 3.01. The summed E-state index contributed by atoms with van der Waals surface area (Å²) in [4.78, 5) is 56.8. The van der Waals surface area contributed by atoms with Gasteiger partial charge in [0.15, 0.2) is 5.96 Å². The van der Waals surface area contributed by atoms with E-state index in [-0.39, 0.29) is 35.0 Å². The number of nitrogens with zero attached hydrogens (tertiary/aromatic N) is 1. The number of amides is 3. The first-order valence-electron chi connectivity index (χ1n) is 14.8. The zero-order chi connectivity index (χ0) is 32.3. The average molecular weight is 721 g/mol. The van der Waals surface area contributed by atoms with E-state index in [0.29, 0.717) is 38.6 Å². The van der Waals surface area contributed by atoms with Crippen molar-refractivity contribution in [1.82, 2.24) is 21.3 Å². The van der Waals surface area contributed by atoms with Crippen molar-refractivity contribution >= 4 is 50.1 Å². The lowest BCUT2D eigenvalue weighted by Gasteiger charge is -2.26. The minimum absolute atomic E-state index is 0.0780. The number of halogens is 1. The molecule has 10 N–H and O–H groups in total. The minimum Gasteiger partial charge on any atom is -0.370 e. The quantitative estimate of drug-likeness (QED) is 0.0339. The number of carbonyl (C=O) groups is 4. The van der Waals surface area contributed by atoms with Crippen molar-refractivity contribution in [2.45, 2.75) is 69.1 Å². The lowest BCUT2D eigenvalue weighted by Crippen LogP contribution is -2.57. The molecule has 0 spiro atoms. The van der Waals surface area contributed by atoms with Gasteiger partial charge in [0.2, 0.25) is 21.5 Å². The first-order chi connectivity index (χ1) is 21.1. The number of benzene rings is 2. The van der Waals surface area contributed by atoms with E-state index in [2.05, 4.69) is 26.3 Å². The Kier molecular flexibility index (Phi) is 17.0. The SMILES string of the molecule is CNC(Cc1ccccc1)C(=O)NC(Cc1ccccc1)C(=O)NC(CCCN=C(N)N)C(=O)NC(CCCCN)C(=O)I. The Morgan fingerprint density at radius 2 is 1.18 bits per heavy atom. The third-order valence-corrected chi connectivity index (χ3v) is 7.73. The minimum atomic E-state index is -0.996. The molecule has 2 aromatic carbocycles. The van der Waals surface area contributed by atoms with E-state index in [1.807, 2.05) is 60.7 Å². The van der Waals surface area contributed by atoms with Crippen LogP contribution in [-0.4, -0.2) is 71.8 Å². The van der Waals surface area contributed by atoms with Crippen LogP contribution >= 0.6 is 22.6 Å². The number of hydrogen-bond acceptors (Lipinski definition) is 7. The molecule has 0 aliphatic carbocycles. The summed E-state index contributed by atoms with van der Waals surface area (Å²) in [6.07, 6.45) is 3.04. The van der Waals surface area contributed by atoms with Crippen LogP contribution in [0.4, 0.5) is 0 Å². The summed E-state index contributed by atoms with van der Waals surface area (Å²) < 4.78 is -0.218. The summed E-state index contributed by atoms with van der Waals surface area (Å²) in [5.41, 5.74) is 18.3. The number of carbonyl (C=O) groups excluding carboxylic acids is 4. The molecular formula is C31H45IN8O4. The molecule has 2 aromatic rings. The van der Waals surface area contributed by atoms with Gasteiger partial charge in [-0.3, -0.25) is 24.2 Å². The van der Waals surface area contributed by atoms with E-state index in [1.54, 1.807) is 29.6 Å². The van der Waals surface area contributed by atoms with Crippen LogP contribution in [0.25, 0.3) is 0 Å². The lowest BCUT2D eigenvalue weighted by atomic mass is 10.0. The molecule has 0 aromatic heterocycles. The molecule has 0 saturated heterocycles. The van der Waals surface area contributed by atoms with Gasteiger partial charge in [0.25, 0.3) is 0 Å². The maximum absolute atomic E-state index is 13.8. The summed E-state index contributed by atoms with van der Waals surface area (Å²) in [6.45, 7) is 0.731. The molecule has 0 fully saturated rings. The van der Waals surface area contributed by atoms with Crippen LogP contribution in [0.1, 0.15) is 43.2 Å². The van der Waals surface area contributed by atoms with Gasteiger partial charge in [0.05, 0.1) is 12.1 Å². The number of nitrogens with two attached hydrogens (primary N) is 3. The molecule has 0 bridgehead atoms. The van der Waals surface area contributed by atoms with Crippen molar-refractivity contribution < 1.29 is 19.2 Å². The molecule has 0 saturated carbocycles. The van der Waals surface area contributed by atoms with Crippen LogP contribution in [0.3, 0.4) is 0 Å². The van der Waals surface area contributed by atoms with E-state index in [9.17, 15) is 19.2 Å². The molecular weight excluding hydrogens is 675 g/mol. The van der Waals surface area contributed by atoms with Gasteiger partial charge >= 0.3 is 0 Å². The standard InChI is InChI=1S/C31H45IN8O4/c1-36-25(19-21-11-4-2-5-12-21)29(43)40-26(20-22-13-6-3-7-14-22)30(44)39-24(16-10-18-37-31(34)35)28(42)38-23(27(32)41)15-8-9-17-33/h2-7,11-14,23-26,36H,8-10,15-20,33H2,1H3,(H,38,42)(H,39,44)(H,40,43)(H4,34,35,37). The van der Waals surface area contributed by atoms with Crippen LogP contribution in [0.5, 0.6) is 0 Å². The Labute approximate surface area is 272 Å². The Balaban J connectivity index is 2.25. The molecule has 2 rings (SSSR count). The first kappa shape index (κ1) is 36.6. The van der Waals surface area contributed by atoms with Crippen molar-refractivity contribution in [3.8, 4) is 0 Å². The van der Waals surface area contributed by atoms with Crippen LogP contribution in [0, 0.1) is 0 Å². The fraction of sp³-hybridized carbons (Fsp3) is 0.452. The van der Waals surface area contributed by atoms with Crippen molar-refractivity contribution in [1.29, 1.82) is 0 Å². The molecule has 4 atom stereocenters. The lowest BCUT2D eigenvalue weighted by molar-refractivity contribution is -0.133. The molecule has 0 aliphatic rings. The summed E-state index contributed by atoms with van der Waals surface area (Å²) in [5.74, 6) is -1.46. The Hall–Kier alpha value is -3.56. The third kappa shape index (κ3) is 13.8. The fourth-order valence-corrected chi connectivity index (χ4v) is 5.03. The predicted octanol–water partition coefficient (Wildman–Crippen LogP) is 0.658. The van der Waals surface area contributed by atoms with Crippen LogP contribution in [0.15, 0.2) is 65.7 Å². The number of hydrogen-bond donors (Lipinski definition) is 7. The maximum Gasteiger partial charge on any atom is 0.243 e. The summed E-state index contributed by atoms with van der Waals surface area (Å²) in [7, 11) is 1.69. The zero-order valence-corrected chi connectivity index (χ0v) is 27.3. The molecule has 13 heteroatoms. The van der Waals surface area contributed by atoms with Crippen molar-refractivity contribution in [2.75, 3.05) is 20.1 Å². The van der Waals surface area contributed by atoms with Gasteiger partial charge in [-0.2, -0.15) is 0 Å². The summed E-state index contributed by atoms with van der Waals surface area (Å²) >= 11 is 1.66. The van der Waals surface area contributed by atoms with E-state index in [0.717, 1.165) is 11.1 Å². The molecule has 3 amide bonds. The van der Waals surface area contributed by atoms with Crippen molar-refractivity contribution in [3.05, 3.63) is 71.8 Å². The van der Waals surface area contributed by atoms with Crippen molar-refractivity contribution in [3.63, 3.8) is 0 Å². The second-order valence-corrected chi connectivity index (χ2v) is 11.5. The van der Waals surface area contributed by atoms with Crippen molar-refractivity contribution in [2.24, 2.45) is 22.2 Å². The molecule has 4 unspecified atom stereocenters. The van der Waals surface area contributed by atoms with Gasteiger partial charge in [-0.1, -0.05) is 60.7 Å². The van der Waals surface area contributed by atoms with Gasteiger partial charge in [0.1, 0.15) is 12.1 Å². The second-order valence-electron chi connectivity index (χ2n) is 10.4. The molecule has 240 valence electrons. The van der Waals surface area contributed by atoms with E-state index in [4.69, 9.17) is 17.2 Å². The summed E-state index contributed by atoms with van der Waals surface area (Å²) in [5, 5.41) is 11.5. The number of guanidine groups is 1. The second kappa shape index (κ2) is 20.4. The molecule has 0 radical (unpaired) electrons. The maximum atomic E-state index is 13.8. The van der Waals surface area contributed by atoms with Gasteiger partial charge in [-0.05, 0) is 63.2 Å². The monoisotopic (exact) mass is 720 g/mol. The van der Waals surface area contributed by atoms with Gasteiger partial charge < -0.3 is 38.5 Å². The topological polar surface area (TPSA) is 207 Å². The number of rotatable bonds is 20. The number of likely N-dealkylation sites (N-methyl/N-ethyl adjacent to an activating group) is 1. The Bertz CT molecular complexity index is 1210. The molecule has 12 nitrogen and oxygen atoms in total. The predicted molar refractivity (Wildman–Crippen MR) is 181 cm³/mol. The normalized spacial score (nSPS) is 13.5. The zero-order valence-electron chi connectivity index (χ0n) is 25.1. The van der Waals surface area contributed by atoms with E-state index < -0.39 is 36.0 Å². The number of aliphatic imine (C=N–C) groups is 1. The van der Waals surface area contributed by atoms with E-state index >= 15 is 0 Å². The fourth-order valence-electron chi connectivity index (χ4n) is 4.56. The van der Waals surface area contributed by atoms with Crippen LogP contribution < -0.4 is 38.5 Å². The Morgan fingerprint density at radius 3 is 1.70 bits per heavy atom. The highest BCUT2D eigenvalue weighted by atomic mass is 127. The van der Waals surface area contributed by atoms with Gasteiger partial charge in [-0.15, -0.1) is 0 Å².